The quantitative estimate of drug-likeness (QED) is 0.145. The van der Waals surface area contributed by atoms with Crippen LogP contribution in [0.1, 0.15) is 57.9 Å². The number of hydrogen-bond donors (Lipinski definition) is 2. The van der Waals surface area contributed by atoms with Gasteiger partial charge < -0.3 is 34.1 Å². The van der Waals surface area contributed by atoms with Gasteiger partial charge in [0.1, 0.15) is 17.4 Å². The maximum atomic E-state index is 13.7. The van der Waals surface area contributed by atoms with Crippen LogP contribution in [0.25, 0.3) is 28.0 Å². The molecule has 0 unspecified atom stereocenters. The second-order valence-electron chi connectivity index (χ2n) is 13.2. The molecule has 0 spiro atoms. The number of halogens is 1. The Morgan fingerprint density at radius 3 is 2.46 bits per heavy atom. The molecule has 2 aromatic carbocycles. The van der Waals surface area contributed by atoms with Gasteiger partial charge in [0.2, 0.25) is 0 Å². The molecule has 12 heteroatoms. The van der Waals surface area contributed by atoms with Gasteiger partial charge in [-0.15, -0.1) is 0 Å². The molecular weight excluding hydrogens is 619 g/mol. The van der Waals surface area contributed by atoms with Crippen molar-refractivity contribution >= 4 is 17.4 Å². The van der Waals surface area contributed by atoms with Gasteiger partial charge in [-0.2, -0.15) is 9.61 Å². The van der Waals surface area contributed by atoms with E-state index in [-0.39, 0.29) is 24.6 Å². The molecule has 48 heavy (non-hydrogen) atoms. The van der Waals surface area contributed by atoms with Crippen molar-refractivity contribution in [2.24, 2.45) is 0 Å². The summed E-state index contributed by atoms with van der Waals surface area (Å²) in [5, 5.41) is 24.4. The normalized spacial score (nSPS) is 15.5. The Bertz CT molecular complexity index is 1740. The van der Waals surface area contributed by atoms with E-state index in [0.717, 1.165) is 11.6 Å². The minimum absolute atomic E-state index is 0.0295. The van der Waals surface area contributed by atoms with E-state index in [4.69, 9.17) is 34.1 Å². The second kappa shape index (κ2) is 14.6. The van der Waals surface area contributed by atoms with Crippen molar-refractivity contribution < 1.29 is 38.3 Å². The van der Waals surface area contributed by atoms with E-state index in [1.165, 1.54) is 13.2 Å². The zero-order valence-electron chi connectivity index (χ0n) is 28.5. The number of methoxy groups -OCH3 is 1. The molecule has 0 radical (unpaired) electrons. The Balaban J connectivity index is 1.58. The van der Waals surface area contributed by atoms with Crippen molar-refractivity contribution in [2.75, 3.05) is 51.5 Å². The fraction of sp³-hybridized carbons (Fsp3) is 0.472. The maximum absolute atomic E-state index is 13.7. The fourth-order valence-electron chi connectivity index (χ4n) is 6.00. The number of hydrogen-bond acceptors (Lipinski definition) is 10. The number of aryl methyl sites for hydroxylation is 1. The molecule has 2 aromatic heterocycles. The lowest BCUT2D eigenvalue weighted by atomic mass is 9.92. The number of nitrogens with zero attached hydrogens (tertiary/aromatic N) is 4. The van der Waals surface area contributed by atoms with Crippen LogP contribution >= 0.6 is 0 Å². The topological polar surface area (TPSA) is 128 Å². The molecule has 1 atom stereocenters. The summed E-state index contributed by atoms with van der Waals surface area (Å²) < 4.78 is 38.7. The molecule has 258 valence electrons. The third-order valence-corrected chi connectivity index (χ3v) is 8.42. The van der Waals surface area contributed by atoms with E-state index in [1.807, 2.05) is 58.0 Å². The largest absolute Gasteiger partial charge is 0.507 e. The van der Waals surface area contributed by atoms with E-state index in [2.05, 4.69) is 11.8 Å². The summed E-state index contributed by atoms with van der Waals surface area (Å²) in [6, 6.07) is 13.3. The molecule has 1 aliphatic rings. The molecular formula is C36H45FN4O7. The van der Waals surface area contributed by atoms with Crippen molar-refractivity contribution in [3.8, 4) is 28.1 Å². The van der Waals surface area contributed by atoms with Gasteiger partial charge in [0, 0.05) is 42.0 Å². The van der Waals surface area contributed by atoms with Crippen LogP contribution in [-0.4, -0.2) is 88.6 Å². The number of aliphatic hydroxyl groups excluding tert-OH is 1. The van der Waals surface area contributed by atoms with Gasteiger partial charge in [0.15, 0.2) is 11.8 Å². The molecule has 1 fully saturated rings. The first kappa shape index (κ1) is 35.2. The van der Waals surface area contributed by atoms with Crippen LogP contribution in [0.15, 0.2) is 48.5 Å². The highest BCUT2D eigenvalue weighted by atomic mass is 19.1. The number of phenolic OH excluding ortho intramolecular Hbond substituents is 1. The zero-order chi connectivity index (χ0) is 34.6. The molecule has 5 rings (SSSR count). The summed E-state index contributed by atoms with van der Waals surface area (Å²) in [7, 11) is 1.34. The monoisotopic (exact) mass is 664 g/mol. The standard InChI is InChI=1S/C36H45FN4O7/c1-23-31(32(34(44)45-6)48-35(2,3)4)33(40-14-12-36(5,13-15-40)47-19-18-46-17-16-42)41-30(38-23)22-28(39-41)25-9-7-8-24(20-25)27-11-10-26(37)21-29(27)43/h7-11,20-22,32,42-43H,12-19H2,1-6H3/t32-/m0/s1. The molecule has 4 aromatic rings. The number of fused-ring (bicyclic) bond motifs is 1. The number of esters is 1. The Labute approximate surface area is 280 Å². The Morgan fingerprint density at radius 2 is 1.79 bits per heavy atom. The molecule has 3 heterocycles. The van der Waals surface area contributed by atoms with Gasteiger partial charge in [-0.05, 0) is 71.2 Å². The first-order chi connectivity index (χ1) is 22.8. The highest BCUT2D eigenvalue weighted by Crippen LogP contribution is 2.39. The molecule has 0 saturated carbocycles. The summed E-state index contributed by atoms with van der Waals surface area (Å²) in [6.07, 6.45) is 0.346. The average Bonchev–Trinajstić information content (AvgIpc) is 3.46. The number of benzene rings is 2. The number of carbonyl (C=O) groups excluding carboxylic acids is 1. The number of phenols is 1. The van der Waals surface area contributed by atoms with Crippen LogP contribution in [0.3, 0.4) is 0 Å². The number of aromatic nitrogens is 3. The predicted octanol–water partition coefficient (Wildman–Crippen LogP) is 5.63. The molecule has 11 nitrogen and oxygen atoms in total. The number of anilines is 1. The van der Waals surface area contributed by atoms with Crippen LogP contribution in [0.4, 0.5) is 10.2 Å². The van der Waals surface area contributed by atoms with E-state index in [0.29, 0.717) is 78.7 Å². The van der Waals surface area contributed by atoms with Crippen LogP contribution in [0.2, 0.25) is 0 Å². The van der Waals surface area contributed by atoms with Crippen molar-refractivity contribution in [3.05, 3.63) is 65.6 Å². The highest BCUT2D eigenvalue weighted by Gasteiger charge is 2.38. The Kier molecular flexibility index (Phi) is 10.7. The van der Waals surface area contributed by atoms with Crippen molar-refractivity contribution in [2.45, 2.75) is 64.8 Å². The van der Waals surface area contributed by atoms with Gasteiger partial charge >= 0.3 is 5.97 Å². The van der Waals surface area contributed by atoms with Crippen molar-refractivity contribution in [1.29, 1.82) is 0 Å². The first-order valence-electron chi connectivity index (χ1n) is 16.2. The van der Waals surface area contributed by atoms with Crippen molar-refractivity contribution in [3.63, 3.8) is 0 Å². The van der Waals surface area contributed by atoms with Crippen LogP contribution in [-0.2, 0) is 23.7 Å². The van der Waals surface area contributed by atoms with E-state index in [1.54, 1.807) is 10.6 Å². The van der Waals surface area contributed by atoms with Crippen molar-refractivity contribution in [1.82, 2.24) is 14.6 Å². The molecule has 0 bridgehead atoms. The lowest BCUT2D eigenvalue weighted by Gasteiger charge is -2.41. The number of aliphatic hydroxyl groups is 1. The lowest BCUT2D eigenvalue weighted by molar-refractivity contribution is -0.164. The minimum Gasteiger partial charge on any atom is -0.507 e. The maximum Gasteiger partial charge on any atom is 0.339 e. The lowest BCUT2D eigenvalue weighted by Crippen LogP contribution is -2.46. The third kappa shape index (κ3) is 7.95. The summed E-state index contributed by atoms with van der Waals surface area (Å²) in [5.74, 6) is -0.528. The van der Waals surface area contributed by atoms with E-state index < -0.39 is 23.5 Å². The van der Waals surface area contributed by atoms with Gasteiger partial charge in [0.05, 0.1) is 56.0 Å². The van der Waals surface area contributed by atoms with E-state index in [9.17, 15) is 14.3 Å². The molecule has 2 N–H and O–H groups in total. The number of carbonyl (C=O) groups is 1. The summed E-state index contributed by atoms with van der Waals surface area (Å²) in [5.41, 5.74) is 3.31. The fourth-order valence-corrected chi connectivity index (χ4v) is 6.00. The number of piperidine rings is 1. The SMILES string of the molecule is COC(=O)[C@@H](OC(C)(C)C)c1c(C)nc2cc(-c3cccc(-c4ccc(F)cc4O)c3)nn2c1N1CCC(C)(OCCOCCO)CC1. The molecule has 0 aliphatic carbocycles. The van der Waals surface area contributed by atoms with Gasteiger partial charge in [-0.1, -0.05) is 18.2 Å². The van der Waals surface area contributed by atoms with Gasteiger partial charge in [0.25, 0.3) is 0 Å². The van der Waals surface area contributed by atoms with Crippen LogP contribution in [0.5, 0.6) is 5.75 Å². The third-order valence-electron chi connectivity index (χ3n) is 8.42. The zero-order valence-corrected chi connectivity index (χ0v) is 28.5. The number of rotatable bonds is 12. The smallest absolute Gasteiger partial charge is 0.339 e. The Hall–Kier alpha value is -4.10. The molecule has 1 aliphatic heterocycles. The molecule has 1 saturated heterocycles. The Morgan fingerprint density at radius 1 is 1.06 bits per heavy atom. The number of aromatic hydroxyl groups is 1. The summed E-state index contributed by atoms with van der Waals surface area (Å²) in [6.45, 7) is 11.9. The second-order valence-corrected chi connectivity index (χ2v) is 13.2. The number of ether oxygens (including phenoxy) is 4. The summed E-state index contributed by atoms with van der Waals surface area (Å²) >= 11 is 0. The highest BCUT2D eigenvalue weighted by molar-refractivity contribution is 5.81. The summed E-state index contributed by atoms with van der Waals surface area (Å²) in [4.78, 5) is 20.4. The van der Waals surface area contributed by atoms with Gasteiger partial charge in [-0.25, -0.2) is 14.2 Å². The molecule has 0 amide bonds. The minimum atomic E-state index is -1.06. The predicted molar refractivity (Wildman–Crippen MR) is 180 cm³/mol. The van der Waals surface area contributed by atoms with Crippen LogP contribution in [0, 0.1) is 12.7 Å². The van der Waals surface area contributed by atoms with Gasteiger partial charge in [-0.3, -0.25) is 0 Å². The first-order valence-corrected chi connectivity index (χ1v) is 16.2. The van der Waals surface area contributed by atoms with Crippen LogP contribution < -0.4 is 4.90 Å². The average molecular weight is 665 g/mol. The van der Waals surface area contributed by atoms with E-state index >= 15 is 0 Å².